The lowest BCUT2D eigenvalue weighted by atomic mass is 10.1. The van der Waals surface area contributed by atoms with Gasteiger partial charge < -0.3 is 9.64 Å². The number of hydrogen-bond donors (Lipinski definition) is 0. The van der Waals surface area contributed by atoms with Gasteiger partial charge in [-0.3, -0.25) is 9.48 Å². The number of halogens is 1. The first kappa shape index (κ1) is 15.7. The molecule has 0 unspecified atom stereocenters. The van der Waals surface area contributed by atoms with Gasteiger partial charge in [-0.05, 0) is 18.2 Å². The van der Waals surface area contributed by atoms with Crippen molar-refractivity contribution in [3.05, 3.63) is 47.9 Å². The number of nitrogens with zero attached hydrogens (tertiary/aromatic N) is 4. The van der Waals surface area contributed by atoms with E-state index >= 15 is 0 Å². The average Bonchev–Trinajstić information content (AvgIpc) is 3.02. The SMILES string of the molecule is Cn1ncc2c(C(=O)N3CCOCC3)cc(-c3cccc(F)c3)nc21. The Morgan fingerprint density at radius 2 is 2.04 bits per heavy atom. The average molecular weight is 340 g/mol. The molecule has 3 heterocycles. The molecule has 1 aliphatic rings. The summed E-state index contributed by atoms with van der Waals surface area (Å²) in [5.74, 6) is -0.424. The van der Waals surface area contributed by atoms with E-state index in [4.69, 9.17) is 4.74 Å². The van der Waals surface area contributed by atoms with Crippen molar-refractivity contribution in [3.8, 4) is 11.3 Å². The van der Waals surface area contributed by atoms with Crippen LogP contribution in [0.25, 0.3) is 22.3 Å². The fourth-order valence-corrected chi connectivity index (χ4v) is 3.02. The lowest BCUT2D eigenvalue weighted by Gasteiger charge is -2.27. The van der Waals surface area contributed by atoms with Gasteiger partial charge in [0.2, 0.25) is 0 Å². The van der Waals surface area contributed by atoms with Crippen LogP contribution < -0.4 is 0 Å². The van der Waals surface area contributed by atoms with Crippen LogP contribution in [0.4, 0.5) is 4.39 Å². The molecule has 4 rings (SSSR count). The van der Waals surface area contributed by atoms with Crippen LogP contribution in [-0.4, -0.2) is 51.9 Å². The Kier molecular flexibility index (Phi) is 3.93. The number of fused-ring (bicyclic) bond motifs is 1. The second-order valence-electron chi connectivity index (χ2n) is 5.98. The van der Waals surface area contributed by atoms with Crippen LogP contribution in [0.1, 0.15) is 10.4 Å². The Labute approximate surface area is 143 Å². The number of benzene rings is 1. The molecule has 0 aliphatic carbocycles. The van der Waals surface area contributed by atoms with Crippen molar-refractivity contribution in [3.63, 3.8) is 0 Å². The van der Waals surface area contributed by atoms with Crippen molar-refractivity contribution in [2.75, 3.05) is 26.3 Å². The van der Waals surface area contributed by atoms with Crippen LogP contribution in [-0.2, 0) is 11.8 Å². The molecule has 25 heavy (non-hydrogen) atoms. The first-order chi connectivity index (χ1) is 12.1. The zero-order valence-corrected chi connectivity index (χ0v) is 13.8. The second-order valence-corrected chi connectivity index (χ2v) is 5.98. The van der Waals surface area contributed by atoms with Crippen LogP contribution in [0.5, 0.6) is 0 Å². The molecular weight excluding hydrogens is 323 g/mol. The molecule has 0 bridgehead atoms. The molecule has 0 saturated carbocycles. The standard InChI is InChI=1S/C18H17FN4O2/c1-22-17-15(11-20-22)14(18(24)23-5-7-25-8-6-23)10-16(21-17)12-3-2-4-13(19)9-12/h2-4,9-11H,5-8H2,1H3. The van der Waals surface area contributed by atoms with E-state index in [0.717, 1.165) is 0 Å². The quantitative estimate of drug-likeness (QED) is 0.718. The topological polar surface area (TPSA) is 60.2 Å². The largest absolute Gasteiger partial charge is 0.378 e. The van der Waals surface area contributed by atoms with Crippen LogP contribution in [0, 0.1) is 5.82 Å². The molecule has 6 nitrogen and oxygen atoms in total. The Balaban J connectivity index is 1.86. The van der Waals surface area contributed by atoms with Gasteiger partial charge in [0, 0.05) is 25.7 Å². The summed E-state index contributed by atoms with van der Waals surface area (Å²) in [4.78, 5) is 19.3. The van der Waals surface area contributed by atoms with E-state index < -0.39 is 0 Å². The van der Waals surface area contributed by atoms with E-state index in [0.29, 0.717) is 54.2 Å². The van der Waals surface area contributed by atoms with E-state index in [-0.39, 0.29) is 11.7 Å². The van der Waals surface area contributed by atoms with Gasteiger partial charge in [-0.2, -0.15) is 5.10 Å². The Morgan fingerprint density at radius 3 is 2.80 bits per heavy atom. The van der Waals surface area contributed by atoms with Gasteiger partial charge in [-0.25, -0.2) is 9.37 Å². The maximum absolute atomic E-state index is 13.6. The summed E-state index contributed by atoms with van der Waals surface area (Å²) in [6.07, 6.45) is 1.64. The first-order valence-corrected chi connectivity index (χ1v) is 8.09. The Morgan fingerprint density at radius 1 is 1.24 bits per heavy atom. The molecule has 3 aromatic rings. The number of carbonyl (C=O) groups is 1. The zero-order chi connectivity index (χ0) is 17.4. The van der Waals surface area contributed by atoms with Crippen LogP contribution in [0.2, 0.25) is 0 Å². The van der Waals surface area contributed by atoms with E-state index in [1.807, 2.05) is 0 Å². The number of carbonyl (C=O) groups excluding carboxylic acids is 1. The summed E-state index contributed by atoms with van der Waals surface area (Å²) in [6, 6.07) is 7.91. The van der Waals surface area contributed by atoms with E-state index in [1.54, 1.807) is 41.0 Å². The highest BCUT2D eigenvalue weighted by Gasteiger charge is 2.23. The molecule has 1 saturated heterocycles. The molecule has 0 atom stereocenters. The number of ether oxygens (including phenoxy) is 1. The minimum atomic E-state index is -0.342. The third-order valence-electron chi connectivity index (χ3n) is 4.35. The van der Waals surface area contributed by atoms with E-state index in [1.165, 1.54) is 12.1 Å². The van der Waals surface area contributed by atoms with Crippen LogP contribution in [0.15, 0.2) is 36.5 Å². The molecule has 7 heteroatoms. The molecule has 0 spiro atoms. The highest BCUT2D eigenvalue weighted by Crippen LogP contribution is 2.26. The minimum absolute atomic E-state index is 0.0821. The summed E-state index contributed by atoms with van der Waals surface area (Å²) >= 11 is 0. The van der Waals surface area contributed by atoms with Crippen molar-refractivity contribution in [1.82, 2.24) is 19.7 Å². The van der Waals surface area contributed by atoms with Crippen molar-refractivity contribution in [2.45, 2.75) is 0 Å². The third-order valence-corrected chi connectivity index (χ3v) is 4.35. The number of aromatic nitrogens is 3. The number of hydrogen-bond acceptors (Lipinski definition) is 4. The first-order valence-electron chi connectivity index (χ1n) is 8.09. The minimum Gasteiger partial charge on any atom is -0.378 e. The Hall–Kier alpha value is -2.80. The van der Waals surface area contributed by atoms with Crippen LogP contribution >= 0.6 is 0 Å². The lowest BCUT2D eigenvalue weighted by Crippen LogP contribution is -2.40. The fraction of sp³-hybridized carbons (Fsp3) is 0.278. The monoisotopic (exact) mass is 340 g/mol. The lowest BCUT2D eigenvalue weighted by molar-refractivity contribution is 0.0304. The fourth-order valence-electron chi connectivity index (χ4n) is 3.02. The molecule has 0 N–H and O–H groups in total. The molecule has 0 radical (unpaired) electrons. The van der Waals surface area contributed by atoms with Gasteiger partial charge in [0.05, 0.1) is 36.1 Å². The number of amides is 1. The van der Waals surface area contributed by atoms with Crippen molar-refractivity contribution in [2.24, 2.45) is 7.05 Å². The van der Waals surface area contributed by atoms with E-state index in [2.05, 4.69) is 10.1 Å². The number of morpholine rings is 1. The number of rotatable bonds is 2. The Bertz CT molecular complexity index is 947. The molecular formula is C18H17FN4O2. The van der Waals surface area contributed by atoms with Gasteiger partial charge >= 0.3 is 0 Å². The predicted octanol–water partition coefficient (Wildman–Crippen LogP) is 2.25. The van der Waals surface area contributed by atoms with Crippen molar-refractivity contribution < 1.29 is 13.9 Å². The zero-order valence-electron chi connectivity index (χ0n) is 13.8. The maximum atomic E-state index is 13.6. The van der Waals surface area contributed by atoms with Gasteiger partial charge in [0.25, 0.3) is 5.91 Å². The van der Waals surface area contributed by atoms with Gasteiger partial charge in [-0.1, -0.05) is 12.1 Å². The normalized spacial score (nSPS) is 14.9. The van der Waals surface area contributed by atoms with Crippen LogP contribution in [0.3, 0.4) is 0 Å². The summed E-state index contributed by atoms with van der Waals surface area (Å²) in [5.41, 5.74) is 2.30. The number of pyridine rings is 1. The van der Waals surface area contributed by atoms with Gasteiger partial charge in [0.1, 0.15) is 5.82 Å². The second kappa shape index (κ2) is 6.25. The highest BCUT2D eigenvalue weighted by atomic mass is 19.1. The summed E-state index contributed by atoms with van der Waals surface area (Å²) in [7, 11) is 1.77. The molecule has 1 aliphatic heterocycles. The molecule has 128 valence electrons. The third kappa shape index (κ3) is 2.87. The summed E-state index contributed by atoms with van der Waals surface area (Å²) in [5, 5.41) is 4.91. The molecule has 1 amide bonds. The van der Waals surface area contributed by atoms with Crippen molar-refractivity contribution in [1.29, 1.82) is 0 Å². The molecule has 1 fully saturated rings. The number of aryl methyl sites for hydroxylation is 1. The summed E-state index contributed by atoms with van der Waals surface area (Å²) < 4.78 is 20.5. The predicted molar refractivity (Wildman–Crippen MR) is 90.6 cm³/mol. The van der Waals surface area contributed by atoms with E-state index in [9.17, 15) is 9.18 Å². The van der Waals surface area contributed by atoms with Gasteiger partial charge in [-0.15, -0.1) is 0 Å². The smallest absolute Gasteiger partial charge is 0.254 e. The van der Waals surface area contributed by atoms with Crippen molar-refractivity contribution >= 4 is 16.9 Å². The maximum Gasteiger partial charge on any atom is 0.254 e. The summed E-state index contributed by atoms with van der Waals surface area (Å²) in [6.45, 7) is 2.17. The molecule has 1 aromatic carbocycles. The highest BCUT2D eigenvalue weighted by molar-refractivity contribution is 6.06. The van der Waals surface area contributed by atoms with Gasteiger partial charge in [0.15, 0.2) is 5.65 Å². The molecule has 2 aromatic heterocycles.